The van der Waals surface area contributed by atoms with E-state index in [0.717, 1.165) is 78.0 Å². The maximum atomic E-state index is 5.56. The molecule has 1 atom stereocenters. The molecular formula is C17H37IN4O2. The van der Waals surface area contributed by atoms with Crippen LogP contribution in [0.3, 0.4) is 0 Å². The Hall–Kier alpha value is -0.120. The molecule has 0 aromatic rings. The molecule has 0 radical (unpaired) electrons. The fourth-order valence-corrected chi connectivity index (χ4v) is 2.51. The van der Waals surface area contributed by atoms with Crippen LogP contribution >= 0.6 is 24.0 Å². The van der Waals surface area contributed by atoms with E-state index in [0.29, 0.717) is 5.92 Å². The minimum absolute atomic E-state index is 0. The highest BCUT2D eigenvalue weighted by atomic mass is 127. The van der Waals surface area contributed by atoms with Crippen LogP contribution in [-0.4, -0.2) is 77.1 Å². The van der Waals surface area contributed by atoms with Gasteiger partial charge in [-0.2, -0.15) is 0 Å². The molecule has 1 saturated heterocycles. The number of aliphatic imine (C=N–C) groups is 1. The zero-order valence-electron chi connectivity index (χ0n) is 15.7. The number of ether oxygens (including phenoxy) is 2. The van der Waals surface area contributed by atoms with Gasteiger partial charge in [-0.05, 0) is 18.8 Å². The van der Waals surface area contributed by atoms with Gasteiger partial charge in [-0.3, -0.25) is 9.89 Å². The minimum atomic E-state index is 0. The lowest BCUT2D eigenvalue weighted by molar-refractivity contribution is 0.0320. The fourth-order valence-electron chi connectivity index (χ4n) is 2.51. The van der Waals surface area contributed by atoms with E-state index in [2.05, 4.69) is 34.4 Å². The van der Waals surface area contributed by atoms with Crippen molar-refractivity contribution in [2.24, 2.45) is 10.9 Å². The molecular weight excluding hydrogens is 419 g/mol. The molecule has 0 spiro atoms. The first kappa shape index (κ1) is 23.9. The van der Waals surface area contributed by atoms with Crippen LogP contribution in [0.15, 0.2) is 4.99 Å². The average molecular weight is 456 g/mol. The largest absolute Gasteiger partial charge is 0.381 e. The Labute approximate surface area is 165 Å². The zero-order chi connectivity index (χ0) is 16.8. The lowest BCUT2D eigenvalue weighted by atomic mass is 10.1. The maximum absolute atomic E-state index is 5.56. The van der Waals surface area contributed by atoms with Gasteiger partial charge in [0.25, 0.3) is 0 Å². The molecule has 1 rings (SSSR count). The molecule has 1 heterocycles. The number of halogens is 1. The Morgan fingerprint density at radius 1 is 1.21 bits per heavy atom. The van der Waals surface area contributed by atoms with Crippen molar-refractivity contribution in [3.8, 4) is 0 Å². The van der Waals surface area contributed by atoms with Gasteiger partial charge in [0, 0.05) is 53.0 Å². The van der Waals surface area contributed by atoms with Gasteiger partial charge in [0.15, 0.2) is 5.96 Å². The number of morpholine rings is 1. The summed E-state index contributed by atoms with van der Waals surface area (Å²) in [6, 6.07) is 0. The van der Waals surface area contributed by atoms with E-state index in [1.807, 2.05) is 7.05 Å². The van der Waals surface area contributed by atoms with Gasteiger partial charge in [-0.15, -0.1) is 24.0 Å². The lowest BCUT2D eigenvalue weighted by Crippen LogP contribution is -2.44. The van der Waals surface area contributed by atoms with Crippen LogP contribution < -0.4 is 10.6 Å². The quantitative estimate of drug-likeness (QED) is 0.216. The van der Waals surface area contributed by atoms with Gasteiger partial charge < -0.3 is 20.1 Å². The molecule has 1 aliphatic heterocycles. The Morgan fingerprint density at radius 2 is 1.92 bits per heavy atom. The Morgan fingerprint density at radius 3 is 2.58 bits per heavy atom. The molecule has 2 N–H and O–H groups in total. The molecule has 0 bridgehead atoms. The van der Waals surface area contributed by atoms with Crippen molar-refractivity contribution in [3.63, 3.8) is 0 Å². The second-order valence-electron chi connectivity index (χ2n) is 6.22. The van der Waals surface area contributed by atoms with Gasteiger partial charge in [0.05, 0.1) is 13.2 Å². The van der Waals surface area contributed by atoms with Crippen LogP contribution in [0, 0.1) is 5.92 Å². The summed E-state index contributed by atoms with van der Waals surface area (Å²) in [5.74, 6) is 1.47. The predicted octanol–water partition coefficient (Wildman–Crippen LogP) is 1.94. The molecule has 6 nitrogen and oxygen atoms in total. The Balaban J connectivity index is 0.00000529. The first-order valence-corrected chi connectivity index (χ1v) is 9.08. The smallest absolute Gasteiger partial charge is 0.190 e. The summed E-state index contributed by atoms with van der Waals surface area (Å²) < 4.78 is 10.9. The average Bonchev–Trinajstić information content (AvgIpc) is 2.57. The molecule has 1 aliphatic rings. The summed E-state index contributed by atoms with van der Waals surface area (Å²) in [5, 5.41) is 6.75. The van der Waals surface area contributed by atoms with Crippen molar-refractivity contribution in [2.45, 2.75) is 33.1 Å². The van der Waals surface area contributed by atoms with Crippen LogP contribution in [0.1, 0.15) is 33.1 Å². The van der Waals surface area contributed by atoms with Gasteiger partial charge >= 0.3 is 0 Å². The molecule has 0 aliphatic carbocycles. The second kappa shape index (κ2) is 16.4. The number of hydrogen-bond acceptors (Lipinski definition) is 4. The van der Waals surface area contributed by atoms with Gasteiger partial charge in [-0.25, -0.2) is 0 Å². The summed E-state index contributed by atoms with van der Waals surface area (Å²) in [6.07, 6.45) is 3.35. The Kier molecular flexibility index (Phi) is 16.3. The van der Waals surface area contributed by atoms with E-state index >= 15 is 0 Å². The highest BCUT2D eigenvalue weighted by Gasteiger charge is 2.13. The molecule has 1 unspecified atom stereocenters. The lowest BCUT2D eigenvalue weighted by Gasteiger charge is -2.29. The molecule has 7 heteroatoms. The van der Waals surface area contributed by atoms with E-state index in [4.69, 9.17) is 9.47 Å². The van der Waals surface area contributed by atoms with E-state index in [9.17, 15) is 0 Å². The van der Waals surface area contributed by atoms with Crippen molar-refractivity contribution in [1.29, 1.82) is 0 Å². The second-order valence-corrected chi connectivity index (χ2v) is 6.22. The van der Waals surface area contributed by atoms with E-state index in [1.54, 1.807) is 0 Å². The summed E-state index contributed by atoms with van der Waals surface area (Å²) in [7, 11) is 1.82. The van der Waals surface area contributed by atoms with E-state index in [-0.39, 0.29) is 24.0 Å². The van der Waals surface area contributed by atoms with Crippen LogP contribution in [0.4, 0.5) is 0 Å². The zero-order valence-corrected chi connectivity index (χ0v) is 18.0. The molecule has 24 heavy (non-hydrogen) atoms. The first-order valence-electron chi connectivity index (χ1n) is 9.08. The number of guanidine groups is 1. The number of rotatable bonds is 11. The van der Waals surface area contributed by atoms with Crippen LogP contribution in [0.2, 0.25) is 0 Å². The summed E-state index contributed by atoms with van der Waals surface area (Å²) in [5.41, 5.74) is 0. The summed E-state index contributed by atoms with van der Waals surface area (Å²) >= 11 is 0. The first-order chi connectivity index (χ1) is 11.3. The van der Waals surface area contributed by atoms with Crippen LogP contribution in [0.5, 0.6) is 0 Å². The van der Waals surface area contributed by atoms with Crippen molar-refractivity contribution >= 4 is 29.9 Å². The molecule has 144 valence electrons. The van der Waals surface area contributed by atoms with Gasteiger partial charge in [-0.1, -0.05) is 20.3 Å². The summed E-state index contributed by atoms with van der Waals surface area (Å²) in [4.78, 5) is 6.75. The third kappa shape index (κ3) is 12.3. The monoisotopic (exact) mass is 456 g/mol. The predicted molar refractivity (Wildman–Crippen MR) is 112 cm³/mol. The standard InChI is InChI=1S/C17H36N4O2.HI/c1-4-5-10-22-11-6-7-19-17(18-3)20-14-16(2)15-21-8-12-23-13-9-21;/h16H,4-15H2,1-3H3,(H2,18,19,20);1H. The van der Waals surface area contributed by atoms with Gasteiger partial charge in [0.1, 0.15) is 0 Å². The number of unbranched alkanes of at least 4 members (excludes halogenated alkanes) is 1. The molecule has 0 amide bonds. The molecule has 1 fully saturated rings. The van der Waals surface area contributed by atoms with E-state index in [1.165, 1.54) is 6.42 Å². The maximum Gasteiger partial charge on any atom is 0.190 e. The highest BCUT2D eigenvalue weighted by molar-refractivity contribution is 14.0. The number of hydrogen-bond donors (Lipinski definition) is 2. The minimum Gasteiger partial charge on any atom is -0.381 e. The van der Waals surface area contributed by atoms with Crippen LogP contribution in [0.25, 0.3) is 0 Å². The summed E-state index contributed by atoms with van der Waals surface area (Å²) in [6.45, 7) is 12.9. The van der Waals surface area contributed by atoms with Crippen LogP contribution in [-0.2, 0) is 9.47 Å². The fraction of sp³-hybridized carbons (Fsp3) is 0.941. The van der Waals surface area contributed by atoms with Gasteiger partial charge in [0.2, 0.25) is 0 Å². The normalized spacial score (nSPS) is 17.2. The third-order valence-electron chi connectivity index (χ3n) is 3.92. The SMILES string of the molecule is CCCCOCCCNC(=NC)NCC(C)CN1CCOCC1.I. The van der Waals surface area contributed by atoms with Crippen molar-refractivity contribution in [2.75, 3.05) is 66.2 Å². The van der Waals surface area contributed by atoms with Crippen molar-refractivity contribution in [3.05, 3.63) is 0 Å². The highest BCUT2D eigenvalue weighted by Crippen LogP contribution is 2.02. The van der Waals surface area contributed by atoms with Crippen molar-refractivity contribution in [1.82, 2.24) is 15.5 Å². The third-order valence-corrected chi connectivity index (χ3v) is 3.92. The van der Waals surface area contributed by atoms with E-state index < -0.39 is 0 Å². The topological polar surface area (TPSA) is 58.1 Å². The number of nitrogens with zero attached hydrogens (tertiary/aromatic N) is 2. The number of nitrogens with one attached hydrogen (secondary N) is 2. The molecule has 0 aromatic heterocycles. The molecule has 0 aromatic carbocycles. The van der Waals surface area contributed by atoms with Crippen molar-refractivity contribution < 1.29 is 9.47 Å². The molecule has 0 saturated carbocycles. The Bertz CT molecular complexity index is 313.